The number of carbonyl (C=O) groups excluding carboxylic acids is 2. The Morgan fingerprint density at radius 3 is 2.08 bits per heavy atom. The van der Waals surface area contributed by atoms with Crippen LogP contribution in [0.5, 0.6) is 0 Å². The van der Waals surface area contributed by atoms with Crippen LogP contribution in [0.1, 0.15) is 51.7 Å². The Morgan fingerprint density at radius 2 is 1.38 bits per heavy atom. The molecule has 3 heterocycles. The van der Waals surface area contributed by atoms with Gasteiger partial charge in [-0.2, -0.15) is 4.58 Å². The minimum atomic E-state index is -1.28. The second-order valence-electron chi connectivity index (χ2n) is 15.8. The summed E-state index contributed by atoms with van der Waals surface area (Å²) in [4.78, 5) is 31.5. The van der Waals surface area contributed by atoms with E-state index >= 15 is 0 Å². The number of benzene rings is 4. The van der Waals surface area contributed by atoms with Crippen LogP contribution < -0.4 is 4.90 Å². The molecule has 4 aromatic rings. The zero-order valence-electron chi connectivity index (χ0n) is 31.4. The van der Waals surface area contributed by atoms with E-state index in [0.29, 0.717) is 0 Å². The highest BCUT2D eigenvalue weighted by Gasteiger charge is 2.48. The molecular formula is C45H47N4O3+. The van der Waals surface area contributed by atoms with Crippen molar-refractivity contribution in [2.24, 2.45) is 5.92 Å². The monoisotopic (exact) mass is 691 g/mol. The van der Waals surface area contributed by atoms with Gasteiger partial charge in [0.1, 0.15) is 19.2 Å². The van der Waals surface area contributed by atoms with Crippen molar-refractivity contribution in [3.05, 3.63) is 131 Å². The Balaban J connectivity index is 1.24. The molecule has 0 spiro atoms. The smallest absolute Gasteiger partial charge is 0.328 e. The molecule has 0 saturated carbocycles. The Kier molecular flexibility index (Phi) is 7.74. The summed E-state index contributed by atoms with van der Waals surface area (Å²) in [6.45, 7) is 9.09. The third kappa shape index (κ3) is 4.78. The molecule has 2 atom stereocenters. The van der Waals surface area contributed by atoms with Crippen LogP contribution in [-0.4, -0.2) is 71.6 Å². The summed E-state index contributed by atoms with van der Waals surface area (Å²) in [7, 11) is 7.30. The largest absolute Gasteiger partial charge is 0.372 e. The minimum absolute atomic E-state index is 0.269. The number of urea groups is 1. The number of hydrogen-bond donors (Lipinski definition) is 1. The summed E-state index contributed by atoms with van der Waals surface area (Å²) >= 11 is 0. The molecule has 264 valence electrons. The lowest BCUT2D eigenvalue weighted by Gasteiger charge is -2.40. The van der Waals surface area contributed by atoms with E-state index in [-0.39, 0.29) is 16.7 Å². The van der Waals surface area contributed by atoms with Gasteiger partial charge < -0.3 is 14.9 Å². The Hall–Kier alpha value is -5.27. The van der Waals surface area contributed by atoms with Crippen LogP contribution in [0.15, 0.2) is 120 Å². The topological polar surface area (TPSA) is 67.1 Å². The van der Waals surface area contributed by atoms with E-state index in [1.165, 1.54) is 56.0 Å². The number of allylic oxidation sites excluding steroid dienone is 7. The predicted molar refractivity (Wildman–Crippen MR) is 210 cm³/mol. The van der Waals surface area contributed by atoms with Crippen molar-refractivity contribution < 1.29 is 19.3 Å². The number of anilines is 1. The van der Waals surface area contributed by atoms with Crippen LogP contribution in [0.25, 0.3) is 21.5 Å². The van der Waals surface area contributed by atoms with Crippen LogP contribution in [0.4, 0.5) is 16.2 Å². The van der Waals surface area contributed by atoms with Gasteiger partial charge in [-0.05, 0) is 88.7 Å². The van der Waals surface area contributed by atoms with Gasteiger partial charge in [0.15, 0.2) is 5.71 Å². The summed E-state index contributed by atoms with van der Waals surface area (Å²) in [5, 5.41) is 16.5. The number of fused-ring (bicyclic) bond motifs is 6. The first-order valence-electron chi connectivity index (χ1n) is 18.2. The van der Waals surface area contributed by atoms with Crippen LogP contribution in [0.3, 0.4) is 0 Å². The molecule has 0 bridgehead atoms. The highest BCUT2D eigenvalue weighted by Crippen LogP contribution is 2.51. The third-order valence-electron chi connectivity index (χ3n) is 12.2. The van der Waals surface area contributed by atoms with Crippen molar-refractivity contribution in [2.75, 3.05) is 33.1 Å². The maximum Gasteiger partial charge on any atom is 0.328 e. The van der Waals surface area contributed by atoms with Gasteiger partial charge in [0, 0.05) is 55.6 Å². The SMILES string of the molecule is CN1C(=O)C(C2=C(C=CC3=[N+](C)c4ccc5ccccc5c4C3(C)C)CCC2=CC=C2N(C)c3ccc4ccccc4c3C2(C)C)C(O)N(C)C1=O. The number of imide groups is 1. The van der Waals surface area contributed by atoms with Crippen molar-refractivity contribution in [3.8, 4) is 0 Å². The van der Waals surface area contributed by atoms with Crippen molar-refractivity contribution >= 4 is 50.6 Å². The van der Waals surface area contributed by atoms with E-state index in [1.54, 1.807) is 7.05 Å². The molecule has 2 unspecified atom stereocenters. The van der Waals surface area contributed by atoms with E-state index in [1.807, 2.05) is 0 Å². The Bertz CT molecular complexity index is 2390. The molecular weight excluding hydrogens is 645 g/mol. The number of hydrogen-bond acceptors (Lipinski definition) is 4. The number of aliphatic hydroxyl groups excluding tert-OH is 1. The van der Waals surface area contributed by atoms with Crippen LogP contribution in [0, 0.1) is 5.92 Å². The zero-order valence-corrected chi connectivity index (χ0v) is 31.4. The van der Waals surface area contributed by atoms with Crippen LogP contribution in [0.2, 0.25) is 0 Å². The van der Waals surface area contributed by atoms with Gasteiger partial charge in [0.25, 0.3) is 0 Å². The lowest BCUT2D eigenvalue weighted by atomic mass is 9.79. The molecule has 8 rings (SSSR count). The second-order valence-corrected chi connectivity index (χ2v) is 15.8. The molecule has 0 radical (unpaired) electrons. The summed E-state index contributed by atoms with van der Waals surface area (Å²) in [6.07, 6.45) is 8.84. The molecule has 0 aromatic heterocycles. The molecule has 52 heavy (non-hydrogen) atoms. The zero-order chi connectivity index (χ0) is 36.9. The molecule has 1 N–H and O–H groups in total. The summed E-state index contributed by atoms with van der Waals surface area (Å²) in [5.41, 5.74) is 9.57. The number of aliphatic hydroxyl groups is 1. The fraction of sp³-hybridized carbons (Fsp3) is 0.311. The second kappa shape index (κ2) is 11.9. The fourth-order valence-corrected chi connectivity index (χ4v) is 9.51. The van der Waals surface area contributed by atoms with Crippen molar-refractivity contribution in [3.63, 3.8) is 0 Å². The first-order valence-corrected chi connectivity index (χ1v) is 18.2. The average Bonchev–Trinajstić information content (AvgIpc) is 3.68. The molecule has 1 fully saturated rings. The summed E-state index contributed by atoms with van der Waals surface area (Å²) in [6, 6.07) is 25.4. The van der Waals surface area contributed by atoms with Gasteiger partial charge in [0.2, 0.25) is 11.6 Å². The molecule has 1 saturated heterocycles. The van der Waals surface area contributed by atoms with Gasteiger partial charge in [-0.25, -0.2) is 4.79 Å². The number of likely N-dealkylation sites (N-methyl/N-ethyl adjacent to an activating group) is 1. The minimum Gasteiger partial charge on any atom is -0.372 e. The quantitative estimate of drug-likeness (QED) is 0.219. The molecule has 1 aliphatic carbocycles. The first kappa shape index (κ1) is 33.9. The van der Waals surface area contributed by atoms with E-state index in [0.717, 1.165) is 45.9 Å². The van der Waals surface area contributed by atoms with Gasteiger partial charge in [-0.15, -0.1) is 0 Å². The molecule has 7 nitrogen and oxygen atoms in total. The van der Waals surface area contributed by atoms with Crippen molar-refractivity contribution in [1.82, 2.24) is 9.80 Å². The highest BCUT2D eigenvalue weighted by atomic mass is 16.3. The van der Waals surface area contributed by atoms with Gasteiger partial charge >= 0.3 is 6.03 Å². The fourth-order valence-electron chi connectivity index (χ4n) is 9.51. The van der Waals surface area contributed by atoms with E-state index in [4.69, 9.17) is 0 Å². The van der Waals surface area contributed by atoms with E-state index in [2.05, 4.69) is 148 Å². The molecule has 3 aliphatic heterocycles. The Labute approximate surface area is 306 Å². The third-order valence-corrected chi connectivity index (χ3v) is 12.2. The van der Waals surface area contributed by atoms with Gasteiger partial charge in [0.05, 0.1) is 5.41 Å². The van der Waals surface area contributed by atoms with E-state index < -0.39 is 18.2 Å². The maximum atomic E-state index is 13.9. The number of carbonyl (C=O) groups is 2. The molecule has 3 amide bonds. The summed E-state index contributed by atoms with van der Waals surface area (Å²) in [5.74, 6) is -1.30. The number of amides is 3. The van der Waals surface area contributed by atoms with Gasteiger partial charge in [-0.1, -0.05) is 80.6 Å². The molecule has 4 aromatic carbocycles. The average molecular weight is 692 g/mol. The van der Waals surface area contributed by atoms with Crippen LogP contribution >= 0.6 is 0 Å². The standard InChI is InChI=1S/C45H47N4O3/c1-44(2)35(46(5)33-23-19-27-13-9-11-15-31(27)39(33)44)25-21-29-17-18-30(37(29)38-41(50)48(7)43(52)49(8)42(38)51)22-26-36-45(3,4)40-32-16-12-10-14-28(32)20-24-34(40)47(36)6/h9-16,19-26,38,41,50H,17-18H2,1-8H3/q+1. The predicted octanol–water partition coefficient (Wildman–Crippen LogP) is 8.34. The summed E-state index contributed by atoms with van der Waals surface area (Å²) < 4.78 is 2.27. The number of rotatable bonds is 4. The lowest BCUT2D eigenvalue weighted by molar-refractivity contribution is -0.401. The highest BCUT2D eigenvalue weighted by molar-refractivity contribution is 6.08. The van der Waals surface area contributed by atoms with E-state index in [9.17, 15) is 14.7 Å². The van der Waals surface area contributed by atoms with Crippen LogP contribution in [-0.2, 0) is 15.6 Å². The number of nitrogens with zero attached hydrogens (tertiary/aromatic N) is 4. The normalized spacial score (nSPS) is 24.2. The van der Waals surface area contributed by atoms with Gasteiger partial charge in [-0.3, -0.25) is 9.69 Å². The lowest BCUT2D eigenvalue weighted by Crippen LogP contribution is -2.59. The molecule has 4 aliphatic rings. The molecule has 7 heteroatoms. The van der Waals surface area contributed by atoms with Crippen molar-refractivity contribution in [2.45, 2.75) is 57.6 Å². The van der Waals surface area contributed by atoms with Crippen molar-refractivity contribution in [1.29, 1.82) is 0 Å². The Morgan fingerprint density at radius 1 is 0.750 bits per heavy atom. The maximum absolute atomic E-state index is 13.9. The first-order chi connectivity index (χ1) is 24.7.